The molecule has 0 atom stereocenters. The van der Waals surface area contributed by atoms with Gasteiger partial charge in [0.25, 0.3) is 5.22 Å². The zero-order chi connectivity index (χ0) is 13.9. The molecule has 3 rings (SSSR count). The fourth-order valence-electron chi connectivity index (χ4n) is 1.76. The summed E-state index contributed by atoms with van der Waals surface area (Å²) < 4.78 is 18.8. The monoisotopic (exact) mass is 290 g/mol. The molecule has 3 aromatic rings. The molecule has 2 heterocycles. The van der Waals surface area contributed by atoms with E-state index in [-0.39, 0.29) is 5.82 Å². The summed E-state index contributed by atoms with van der Waals surface area (Å²) in [5, 5.41) is 9.53. The van der Waals surface area contributed by atoms with Crippen LogP contribution in [-0.2, 0) is 6.42 Å². The molecule has 0 N–H and O–H groups in total. The SMILES string of the molecule is CCCc1nnc(Sc2ncnc3ccc(F)cc23)o1. The van der Waals surface area contributed by atoms with E-state index in [4.69, 9.17) is 4.42 Å². The lowest BCUT2D eigenvalue weighted by Gasteiger charge is -2.01. The Morgan fingerprint density at radius 2 is 2.15 bits per heavy atom. The van der Waals surface area contributed by atoms with Gasteiger partial charge in [0, 0.05) is 11.8 Å². The Morgan fingerprint density at radius 3 is 3.00 bits per heavy atom. The lowest BCUT2D eigenvalue weighted by atomic mass is 10.2. The molecule has 0 saturated carbocycles. The van der Waals surface area contributed by atoms with Crippen LogP contribution in [0.3, 0.4) is 0 Å². The van der Waals surface area contributed by atoms with Crippen molar-refractivity contribution in [1.82, 2.24) is 20.2 Å². The minimum atomic E-state index is -0.327. The van der Waals surface area contributed by atoms with Crippen molar-refractivity contribution < 1.29 is 8.81 Å². The molecule has 5 nitrogen and oxygen atoms in total. The van der Waals surface area contributed by atoms with Gasteiger partial charge in [-0.1, -0.05) is 6.92 Å². The van der Waals surface area contributed by atoms with E-state index in [1.807, 2.05) is 6.92 Å². The minimum absolute atomic E-state index is 0.327. The first kappa shape index (κ1) is 13.0. The van der Waals surface area contributed by atoms with Crippen LogP contribution in [0.15, 0.2) is 39.2 Å². The van der Waals surface area contributed by atoms with Crippen LogP contribution in [0.2, 0.25) is 0 Å². The molecule has 0 spiro atoms. The first-order valence-electron chi connectivity index (χ1n) is 6.16. The summed E-state index contributed by atoms with van der Waals surface area (Å²) in [7, 11) is 0. The van der Waals surface area contributed by atoms with E-state index in [1.165, 1.54) is 30.2 Å². The molecule has 102 valence electrons. The summed E-state index contributed by atoms with van der Waals surface area (Å²) in [6.45, 7) is 2.04. The van der Waals surface area contributed by atoms with E-state index < -0.39 is 0 Å². The number of benzene rings is 1. The molecular weight excluding hydrogens is 279 g/mol. The number of hydrogen-bond donors (Lipinski definition) is 0. The van der Waals surface area contributed by atoms with Crippen molar-refractivity contribution in [1.29, 1.82) is 0 Å². The van der Waals surface area contributed by atoms with E-state index in [9.17, 15) is 4.39 Å². The third kappa shape index (κ3) is 2.62. The molecule has 1 aromatic carbocycles. The predicted octanol–water partition coefficient (Wildman–Crippen LogP) is 3.26. The number of aromatic nitrogens is 4. The van der Waals surface area contributed by atoms with Crippen molar-refractivity contribution in [3.63, 3.8) is 0 Å². The van der Waals surface area contributed by atoms with Crippen molar-refractivity contribution in [2.75, 3.05) is 0 Å². The Morgan fingerprint density at radius 1 is 1.25 bits per heavy atom. The zero-order valence-corrected chi connectivity index (χ0v) is 11.5. The summed E-state index contributed by atoms with van der Waals surface area (Å²) in [5.74, 6) is 0.269. The molecule has 0 radical (unpaired) electrons. The summed E-state index contributed by atoms with van der Waals surface area (Å²) in [6, 6.07) is 4.39. The number of aryl methyl sites for hydroxylation is 1. The van der Waals surface area contributed by atoms with Gasteiger partial charge in [-0.25, -0.2) is 14.4 Å². The average molecular weight is 290 g/mol. The molecule has 2 aromatic heterocycles. The van der Waals surface area contributed by atoms with Crippen molar-refractivity contribution in [2.24, 2.45) is 0 Å². The second kappa shape index (κ2) is 5.54. The zero-order valence-electron chi connectivity index (χ0n) is 10.7. The van der Waals surface area contributed by atoms with Crippen molar-refractivity contribution in [3.05, 3.63) is 36.2 Å². The molecule has 7 heteroatoms. The van der Waals surface area contributed by atoms with Crippen LogP contribution in [0.5, 0.6) is 0 Å². The highest BCUT2D eigenvalue weighted by Gasteiger charge is 2.12. The van der Waals surface area contributed by atoms with Gasteiger partial charge < -0.3 is 4.42 Å². The van der Waals surface area contributed by atoms with Gasteiger partial charge in [-0.15, -0.1) is 10.2 Å². The quantitative estimate of drug-likeness (QED) is 0.687. The fraction of sp³-hybridized carbons (Fsp3) is 0.231. The van der Waals surface area contributed by atoms with Crippen molar-refractivity contribution in [2.45, 2.75) is 30.0 Å². The van der Waals surface area contributed by atoms with Gasteiger partial charge in [0.1, 0.15) is 17.2 Å². The number of rotatable bonds is 4. The van der Waals surface area contributed by atoms with E-state index in [0.717, 1.165) is 12.8 Å². The van der Waals surface area contributed by atoms with Crippen LogP contribution in [0, 0.1) is 5.82 Å². The van der Waals surface area contributed by atoms with Gasteiger partial charge in [0.15, 0.2) is 0 Å². The normalized spacial score (nSPS) is 11.1. The highest BCUT2D eigenvalue weighted by Crippen LogP contribution is 2.30. The first-order chi connectivity index (χ1) is 9.76. The lowest BCUT2D eigenvalue weighted by molar-refractivity contribution is 0.411. The van der Waals surface area contributed by atoms with Gasteiger partial charge in [0.2, 0.25) is 5.89 Å². The van der Waals surface area contributed by atoms with Gasteiger partial charge >= 0.3 is 0 Å². The van der Waals surface area contributed by atoms with Crippen LogP contribution in [0.25, 0.3) is 10.9 Å². The third-order valence-electron chi connectivity index (χ3n) is 2.66. The Balaban J connectivity index is 1.95. The molecule has 20 heavy (non-hydrogen) atoms. The van der Waals surface area contributed by atoms with Gasteiger partial charge in [-0.05, 0) is 36.4 Å². The van der Waals surface area contributed by atoms with Crippen molar-refractivity contribution in [3.8, 4) is 0 Å². The van der Waals surface area contributed by atoms with Crippen LogP contribution in [0.4, 0.5) is 4.39 Å². The molecule has 0 saturated heterocycles. The summed E-state index contributed by atoms with van der Waals surface area (Å²) >= 11 is 1.21. The molecule has 0 bridgehead atoms. The Bertz CT molecular complexity index is 746. The van der Waals surface area contributed by atoms with Crippen LogP contribution in [-0.4, -0.2) is 20.2 Å². The maximum atomic E-state index is 13.3. The molecular formula is C13H11FN4OS. The van der Waals surface area contributed by atoms with E-state index in [2.05, 4.69) is 20.2 Å². The fourth-order valence-corrected chi connectivity index (χ4v) is 2.52. The smallest absolute Gasteiger partial charge is 0.282 e. The van der Waals surface area contributed by atoms with Crippen LogP contribution in [0.1, 0.15) is 19.2 Å². The number of halogens is 1. The molecule has 0 aliphatic rings. The Labute approximate surface area is 118 Å². The van der Waals surface area contributed by atoms with E-state index in [0.29, 0.717) is 27.0 Å². The van der Waals surface area contributed by atoms with Crippen LogP contribution < -0.4 is 0 Å². The minimum Gasteiger partial charge on any atom is -0.416 e. The van der Waals surface area contributed by atoms with E-state index >= 15 is 0 Å². The molecule has 0 aliphatic carbocycles. The average Bonchev–Trinajstić information content (AvgIpc) is 2.87. The van der Waals surface area contributed by atoms with Gasteiger partial charge in [-0.3, -0.25) is 0 Å². The van der Waals surface area contributed by atoms with Crippen LogP contribution >= 0.6 is 11.8 Å². The maximum absolute atomic E-state index is 13.3. The standard InChI is InChI=1S/C13H11FN4OS/c1-2-3-11-17-18-13(19-11)20-12-9-6-8(14)4-5-10(9)15-7-16-12/h4-7H,2-3H2,1H3. The first-order valence-corrected chi connectivity index (χ1v) is 6.98. The second-order valence-corrected chi connectivity index (χ2v) is 5.09. The van der Waals surface area contributed by atoms with Crippen molar-refractivity contribution >= 4 is 22.7 Å². The number of nitrogens with zero attached hydrogens (tertiary/aromatic N) is 4. The molecule has 0 unspecified atom stereocenters. The summed E-state index contributed by atoms with van der Waals surface area (Å²) in [5.41, 5.74) is 0.678. The highest BCUT2D eigenvalue weighted by atomic mass is 32.2. The number of hydrogen-bond acceptors (Lipinski definition) is 6. The maximum Gasteiger partial charge on any atom is 0.282 e. The molecule has 0 aliphatic heterocycles. The summed E-state index contributed by atoms with van der Waals surface area (Å²) in [4.78, 5) is 8.26. The molecule has 0 amide bonds. The Kier molecular flexibility index (Phi) is 3.60. The lowest BCUT2D eigenvalue weighted by Crippen LogP contribution is -1.88. The molecule has 0 fully saturated rings. The summed E-state index contributed by atoms with van der Waals surface area (Å²) in [6.07, 6.45) is 3.12. The third-order valence-corrected chi connectivity index (χ3v) is 3.52. The second-order valence-electron chi connectivity index (χ2n) is 4.15. The number of fused-ring (bicyclic) bond motifs is 1. The van der Waals surface area contributed by atoms with Gasteiger partial charge in [-0.2, -0.15) is 0 Å². The van der Waals surface area contributed by atoms with Gasteiger partial charge in [0.05, 0.1) is 5.52 Å². The van der Waals surface area contributed by atoms with E-state index in [1.54, 1.807) is 6.07 Å². The highest BCUT2D eigenvalue weighted by molar-refractivity contribution is 7.99. The Hall–Kier alpha value is -2.02. The predicted molar refractivity (Wildman–Crippen MR) is 71.9 cm³/mol. The largest absolute Gasteiger partial charge is 0.416 e. The topological polar surface area (TPSA) is 64.7 Å².